The molecule has 0 aliphatic rings. The van der Waals surface area contributed by atoms with Crippen LogP contribution in [0.3, 0.4) is 0 Å². The average molecular weight is 422 g/mol. The van der Waals surface area contributed by atoms with E-state index >= 15 is 0 Å². The first-order chi connectivity index (χ1) is 15.1. The molecule has 0 amide bonds. The smallest absolute Gasteiger partial charge is 0.138 e. The summed E-state index contributed by atoms with van der Waals surface area (Å²) < 4.78 is 6.09. The lowest BCUT2D eigenvalue weighted by Gasteiger charge is -2.21. The van der Waals surface area contributed by atoms with Crippen LogP contribution in [0.15, 0.2) is 59.1 Å². The number of aryl methyl sites for hydroxylation is 2. The third-order valence-corrected chi connectivity index (χ3v) is 6.50. The molecule has 0 bridgehead atoms. The molecule has 2 aromatic heterocycles. The highest BCUT2D eigenvalue weighted by Crippen LogP contribution is 2.39. The van der Waals surface area contributed by atoms with Gasteiger partial charge in [-0.05, 0) is 71.2 Å². The number of benzene rings is 3. The zero-order chi connectivity index (χ0) is 22.8. The van der Waals surface area contributed by atoms with Gasteiger partial charge in [-0.3, -0.25) is 4.98 Å². The monoisotopic (exact) mass is 421 g/mol. The maximum Gasteiger partial charge on any atom is 0.138 e. The summed E-state index contributed by atoms with van der Waals surface area (Å²) in [7, 11) is 0. The summed E-state index contributed by atoms with van der Waals surface area (Å²) in [4.78, 5) is 4.87. The minimum absolute atomic E-state index is 0.0287. The molecule has 5 rings (SSSR count). The van der Waals surface area contributed by atoms with E-state index in [0.717, 1.165) is 28.0 Å². The van der Waals surface area contributed by atoms with E-state index in [9.17, 15) is 0 Å². The highest BCUT2D eigenvalue weighted by molar-refractivity contribution is 6.12. The third kappa shape index (κ3) is 3.30. The second-order valence-corrected chi connectivity index (χ2v) is 10.5. The van der Waals surface area contributed by atoms with Crippen molar-refractivity contribution in [3.63, 3.8) is 0 Å². The van der Waals surface area contributed by atoms with Crippen molar-refractivity contribution >= 4 is 32.5 Å². The lowest BCUT2D eigenvalue weighted by molar-refractivity contribution is 0.542. The topological polar surface area (TPSA) is 26.0 Å². The predicted octanol–water partition coefficient (Wildman–Crippen LogP) is 8.84. The standard InChI is InChI=1S/C30H31NO/c1-17(2)25-12-18(3)13-26-22(25)8-9-24-23(26)10-11-31-28(24)20-15-21-14-19(4)32-29(21)27(16-20)30(5,6)7/h8-17H,1-7H3. The van der Waals surface area contributed by atoms with E-state index < -0.39 is 0 Å². The quantitative estimate of drug-likeness (QED) is 0.266. The maximum atomic E-state index is 6.09. The first-order valence-electron chi connectivity index (χ1n) is 11.5. The van der Waals surface area contributed by atoms with Crippen molar-refractivity contribution in [2.75, 3.05) is 0 Å². The Labute approximate surface area is 190 Å². The number of furan rings is 1. The van der Waals surface area contributed by atoms with Crippen molar-refractivity contribution in [3.8, 4) is 11.3 Å². The van der Waals surface area contributed by atoms with Gasteiger partial charge in [0.1, 0.15) is 11.3 Å². The van der Waals surface area contributed by atoms with Crippen LogP contribution in [0.5, 0.6) is 0 Å². The summed E-state index contributed by atoms with van der Waals surface area (Å²) in [5.74, 6) is 1.42. The van der Waals surface area contributed by atoms with Crippen LogP contribution < -0.4 is 0 Å². The molecule has 0 unspecified atom stereocenters. The molecule has 0 aliphatic heterocycles. The molecule has 0 radical (unpaired) electrons. The molecule has 2 nitrogen and oxygen atoms in total. The fourth-order valence-corrected chi connectivity index (χ4v) is 4.96. The first-order valence-corrected chi connectivity index (χ1v) is 11.5. The summed E-state index contributed by atoms with van der Waals surface area (Å²) in [5.41, 5.74) is 7.06. The number of hydrogen-bond donors (Lipinski definition) is 0. The van der Waals surface area contributed by atoms with Gasteiger partial charge >= 0.3 is 0 Å². The molecule has 2 heterocycles. The number of pyridine rings is 1. The summed E-state index contributed by atoms with van der Waals surface area (Å²) >= 11 is 0. The number of nitrogens with zero attached hydrogens (tertiary/aromatic N) is 1. The van der Waals surface area contributed by atoms with Crippen molar-refractivity contribution in [3.05, 3.63) is 77.2 Å². The summed E-state index contributed by atoms with van der Waals surface area (Å²) in [6.07, 6.45) is 1.95. The summed E-state index contributed by atoms with van der Waals surface area (Å²) in [6.45, 7) is 15.5. The van der Waals surface area contributed by atoms with Gasteiger partial charge in [-0.1, -0.05) is 64.4 Å². The first kappa shape index (κ1) is 20.8. The highest BCUT2D eigenvalue weighted by atomic mass is 16.3. The zero-order valence-corrected chi connectivity index (χ0v) is 20.1. The molecule has 5 aromatic rings. The van der Waals surface area contributed by atoms with Gasteiger partial charge in [0.15, 0.2) is 0 Å². The molecule has 0 spiro atoms. The van der Waals surface area contributed by atoms with Crippen LogP contribution in [-0.2, 0) is 5.41 Å². The second kappa shape index (κ2) is 7.20. The van der Waals surface area contributed by atoms with Gasteiger partial charge in [0.2, 0.25) is 0 Å². The largest absolute Gasteiger partial charge is 0.461 e. The molecule has 0 atom stereocenters. The minimum atomic E-state index is -0.0287. The van der Waals surface area contributed by atoms with E-state index in [0.29, 0.717) is 5.92 Å². The fourth-order valence-electron chi connectivity index (χ4n) is 4.96. The van der Waals surface area contributed by atoms with Gasteiger partial charge in [0, 0.05) is 28.1 Å². The molecule has 32 heavy (non-hydrogen) atoms. The lowest BCUT2D eigenvalue weighted by Crippen LogP contribution is -2.11. The van der Waals surface area contributed by atoms with Crippen molar-refractivity contribution in [1.82, 2.24) is 4.98 Å². The lowest BCUT2D eigenvalue weighted by atomic mass is 9.84. The van der Waals surface area contributed by atoms with Gasteiger partial charge in [-0.2, -0.15) is 0 Å². The summed E-state index contributed by atoms with van der Waals surface area (Å²) in [5, 5.41) is 6.25. The van der Waals surface area contributed by atoms with Crippen LogP contribution in [0.2, 0.25) is 0 Å². The molecular formula is C30H31NO. The van der Waals surface area contributed by atoms with Gasteiger partial charge in [-0.25, -0.2) is 0 Å². The Morgan fingerprint density at radius 2 is 1.56 bits per heavy atom. The molecule has 0 saturated heterocycles. The minimum Gasteiger partial charge on any atom is -0.461 e. The molecule has 3 aromatic carbocycles. The van der Waals surface area contributed by atoms with Gasteiger partial charge in [0.25, 0.3) is 0 Å². The molecular weight excluding hydrogens is 390 g/mol. The van der Waals surface area contributed by atoms with E-state index in [1.54, 1.807) is 0 Å². The van der Waals surface area contributed by atoms with Crippen molar-refractivity contribution in [1.29, 1.82) is 0 Å². The van der Waals surface area contributed by atoms with E-state index in [2.05, 4.69) is 90.1 Å². The fraction of sp³-hybridized carbons (Fsp3) is 0.300. The Kier molecular flexibility index (Phi) is 4.67. The Hall–Kier alpha value is -3.13. The van der Waals surface area contributed by atoms with Crippen LogP contribution in [0, 0.1) is 13.8 Å². The van der Waals surface area contributed by atoms with E-state index in [1.807, 2.05) is 13.1 Å². The molecule has 162 valence electrons. The number of rotatable bonds is 2. The number of hydrogen-bond acceptors (Lipinski definition) is 2. The number of aromatic nitrogens is 1. The average Bonchev–Trinajstić information content (AvgIpc) is 3.10. The van der Waals surface area contributed by atoms with Crippen molar-refractivity contribution < 1.29 is 4.42 Å². The Morgan fingerprint density at radius 3 is 2.28 bits per heavy atom. The van der Waals surface area contributed by atoms with E-state index in [1.165, 1.54) is 38.2 Å². The third-order valence-electron chi connectivity index (χ3n) is 6.50. The normalized spacial score (nSPS) is 12.5. The van der Waals surface area contributed by atoms with Crippen molar-refractivity contribution in [2.24, 2.45) is 0 Å². The maximum absolute atomic E-state index is 6.09. The van der Waals surface area contributed by atoms with E-state index in [4.69, 9.17) is 9.40 Å². The van der Waals surface area contributed by atoms with E-state index in [-0.39, 0.29) is 5.41 Å². The summed E-state index contributed by atoms with van der Waals surface area (Å²) in [6, 6.07) is 18.0. The van der Waals surface area contributed by atoms with Crippen LogP contribution in [0.4, 0.5) is 0 Å². The zero-order valence-electron chi connectivity index (χ0n) is 20.1. The molecule has 2 heteroatoms. The van der Waals surface area contributed by atoms with Gasteiger partial charge < -0.3 is 4.42 Å². The predicted molar refractivity (Wildman–Crippen MR) is 137 cm³/mol. The Bertz CT molecular complexity index is 1500. The van der Waals surface area contributed by atoms with Crippen LogP contribution in [0.1, 0.15) is 63.0 Å². The molecule has 0 fully saturated rings. The van der Waals surface area contributed by atoms with Crippen molar-refractivity contribution in [2.45, 2.75) is 59.8 Å². The highest BCUT2D eigenvalue weighted by Gasteiger charge is 2.22. The van der Waals surface area contributed by atoms with Gasteiger partial charge in [0.05, 0.1) is 5.69 Å². The number of fused-ring (bicyclic) bond motifs is 4. The molecule has 0 saturated carbocycles. The van der Waals surface area contributed by atoms with Crippen LogP contribution >= 0.6 is 0 Å². The molecule has 0 N–H and O–H groups in total. The SMILES string of the molecule is Cc1cc(C(C)C)c2ccc3c(-c4cc(C(C)(C)C)c5oc(C)cc5c4)nccc3c2c1. The Balaban J connectivity index is 1.84. The van der Waals surface area contributed by atoms with Crippen LogP contribution in [-0.4, -0.2) is 4.98 Å². The van der Waals surface area contributed by atoms with Crippen LogP contribution in [0.25, 0.3) is 43.8 Å². The van der Waals surface area contributed by atoms with Gasteiger partial charge in [-0.15, -0.1) is 0 Å². The molecule has 0 aliphatic carbocycles. The second-order valence-electron chi connectivity index (χ2n) is 10.5. The Morgan fingerprint density at radius 1 is 0.812 bits per heavy atom.